The first kappa shape index (κ1) is 22.6. The summed E-state index contributed by atoms with van der Waals surface area (Å²) in [5.74, 6) is -0.899. The van der Waals surface area contributed by atoms with E-state index in [1.165, 1.54) is 0 Å². The monoisotopic (exact) mass is 507 g/mol. The molecule has 4 aliphatic heterocycles. The van der Waals surface area contributed by atoms with E-state index >= 15 is 0 Å². The topological polar surface area (TPSA) is 103 Å². The maximum Gasteiger partial charge on any atom is 0.261 e. The molecule has 3 aromatic rings. The minimum atomic E-state index is -0.503. The molecule has 10 heteroatoms. The molecule has 1 atom stereocenters. The highest BCUT2D eigenvalue weighted by Gasteiger charge is 2.42. The van der Waals surface area contributed by atoms with Crippen LogP contribution in [0, 0.1) is 0 Å². The maximum absolute atomic E-state index is 13.6. The number of imide groups is 1. The Hall–Kier alpha value is -4.57. The number of amides is 3. The van der Waals surface area contributed by atoms with E-state index in [2.05, 4.69) is 27.2 Å². The molecular weight excluding hydrogens is 482 g/mol. The molecule has 10 nitrogen and oxygen atoms in total. The summed E-state index contributed by atoms with van der Waals surface area (Å²) >= 11 is 0. The smallest absolute Gasteiger partial charge is 0.261 e. The highest BCUT2D eigenvalue weighted by molar-refractivity contribution is 6.47. The summed E-state index contributed by atoms with van der Waals surface area (Å²) in [6, 6.07) is 11.0. The van der Waals surface area contributed by atoms with Gasteiger partial charge in [-0.3, -0.25) is 29.1 Å². The van der Waals surface area contributed by atoms with Crippen LogP contribution in [-0.4, -0.2) is 81.9 Å². The van der Waals surface area contributed by atoms with Crippen LogP contribution >= 0.6 is 0 Å². The van der Waals surface area contributed by atoms with Crippen LogP contribution in [0.1, 0.15) is 16.8 Å². The van der Waals surface area contributed by atoms with Gasteiger partial charge in [0.1, 0.15) is 11.7 Å². The van der Waals surface area contributed by atoms with E-state index in [0.29, 0.717) is 42.1 Å². The Kier molecular flexibility index (Phi) is 5.05. The van der Waals surface area contributed by atoms with Crippen molar-refractivity contribution in [1.29, 1.82) is 0 Å². The maximum atomic E-state index is 13.6. The van der Waals surface area contributed by atoms with Crippen LogP contribution in [0.3, 0.4) is 0 Å². The standard InChI is InChI=1S/C28H25N7O3/c1-32-11-13-33(14-12-32)28(38)19-15-17-5-4-6-18-24(29-8-10-35(19)25(17)18)23-22(26(36)31-27(23)37)20-16-30-21-7-2-3-9-34(20)21/h2-10,16,19H,11-15H2,1H3,(H,31,36,37). The zero-order valence-electron chi connectivity index (χ0n) is 20.8. The molecule has 1 unspecified atom stereocenters. The third kappa shape index (κ3) is 3.33. The number of fused-ring (bicyclic) bond motifs is 1. The lowest BCUT2D eigenvalue weighted by Crippen LogP contribution is -2.53. The lowest BCUT2D eigenvalue weighted by Gasteiger charge is -2.35. The zero-order chi connectivity index (χ0) is 26.0. The minimum absolute atomic E-state index is 0.0905. The molecule has 7 rings (SSSR count). The molecule has 0 aliphatic carbocycles. The molecule has 6 heterocycles. The number of aliphatic imine (C=N–C) groups is 1. The van der Waals surface area contributed by atoms with Gasteiger partial charge in [-0.1, -0.05) is 24.3 Å². The number of piperazine rings is 1. The summed E-state index contributed by atoms with van der Waals surface area (Å²) in [5.41, 5.74) is 4.60. The molecule has 3 amide bonds. The van der Waals surface area contributed by atoms with Gasteiger partial charge in [-0.2, -0.15) is 0 Å². The van der Waals surface area contributed by atoms with E-state index in [4.69, 9.17) is 0 Å². The van der Waals surface area contributed by atoms with Gasteiger partial charge in [-0.25, -0.2) is 4.98 Å². The SMILES string of the molecule is CN1CCN(C(=O)C2Cc3cccc4c3N2C=CN=C4C2=C(c3cnc4ccccn34)C(=O)NC2=O)CC1. The van der Waals surface area contributed by atoms with Crippen molar-refractivity contribution in [3.63, 3.8) is 0 Å². The number of benzene rings is 1. The van der Waals surface area contributed by atoms with E-state index in [-0.39, 0.29) is 23.1 Å². The fraction of sp³-hybridized carbons (Fsp3) is 0.250. The highest BCUT2D eigenvalue weighted by Crippen LogP contribution is 2.40. The van der Waals surface area contributed by atoms with E-state index < -0.39 is 11.8 Å². The lowest BCUT2D eigenvalue weighted by atomic mass is 9.94. The number of nitrogens with one attached hydrogen (secondary N) is 1. The molecule has 0 spiro atoms. The lowest BCUT2D eigenvalue weighted by molar-refractivity contribution is -0.134. The third-order valence-electron chi connectivity index (χ3n) is 7.75. The van der Waals surface area contributed by atoms with Gasteiger partial charge >= 0.3 is 0 Å². The Morgan fingerprint density at radius 3 is 2.66 bits per heavy atom. The van der Waals surface area contributed by atoms with Crippen LogP contribution < -0.4 is 10.2 Å². The number of anilines is 1. The Morgan fingerprint density at radius 2 is 1.82 bits per heavy atom. The Balaban J connectivity index is 1.33. The number of nitrogens with zero attached hydrogens (tertiary/aromatic N) is 6. The predicted octanol–water partition coefficient (Wildman–Crippen LogP) is 1.22. The normalized spacial score (nSPS) is 21.2. The van der Waals surface area contributed by atoms with Gasteiger partial charge in [0.05, 0.1) is 34.4 Å². The number of aromatic nitrogens is 2. The summed E-state index contributed by atoms with van der Waals surface area (Å²) < 4.78 is 1.78. The molecule has 1 aromatic carbocycles. The molecule has 0 bridgehead atoms. The van der Waals surface area contributed by atoms with Crippen LogP contribution in [0.5, 0.6) is 0 Å². The first-order valence-corrected chi connectivity index (χ1v) is 12.7. The molecule has 190 valence electrons. The third-order valence-corrected chi connectivity index (χ3v) is 7.75. The first-order chi connectivity index (χ1) is 18.5. The molecule has 38 heavy (non-hydrogen) atoms. The van der Waals surface area contributed by atoms with Crippen molar-refractivity contribution in [2.45, 2.75) is 12.5 Å². The summed E-state index contributed by atoms with van der Waals surface area (Å²) in [6.07, 6.45) is 7.40. The summed E-state index contributed by atoms with van der Waals surface area (Å²) in [4.78, 5) is 55.2. The van der Waals surface area contributed by atoms with Gasteiger partial charge in [0, 0.05) is 56.8 Å². The zero-order valence-corrected chi connectivity index (χ0v) is 20.8. The average molecular weight is 508 g/mol. The summed E-state index contributed by atoms with van der Waals surface area (Å²) in [5, 5.41) is 2.46. The summed E-state index contributed by atoms with van der Waals surface area (Å²) in [7, 11) is 2.07. The molecule has 4 aliphatic rings. The predicted molar refractivity (Wildman–Crippen MR) is 141 cm³/mol. The van der Waals surface area contributed by atoms with Gasteiger partial charge in [0.2, 0.25) is 5.91 Å². The van der Waals surface area contributed by atoms with Crippen LogP contribution in [0.4, 0.5) is 5.69 Å². The number of hydrogen-bond donors (Lipinski definition) is 1. The number of carbonyl (C=O) groups is 3. The second-order valence-electron chi connectivity index (χ2n) is 9.95. The molecule has 0 radical (unpaired) electrons. The van der Waals surface area contributed by atoms with Gasteiger partial charge < -0.3 is 14.7 Å². The van der Waals surface area contributed by atoms with E-state index in [1.807, 2.05) is 58.6 Å². The Labute approximate surface area is 218 Å². The minimum Gasteiger partial charge on any atom is -0.338 e. The number of carbonyl (C=O) groups excluding carboxylic acids is 3. The number of para-hydroxylation sites is 1. The van der Waals surface area contributed by atoms with Crippen LogP contribution in [0.2, 0.25) is 0 Å². The number of pyridine rings is 1. The van der Waals surface area contributed by atoms with E-state index in [9.17, 15) is 14.4 Å². The second-order valence-corrected chi connectivity index (χ2v) is 9.95. The van der Waals surface area contributed by atoms with Gasteiger partial charge in [0.15, 0.2) is 0 Å². The van der Waals surface area contributed by atoms with Crippen molar-refractivity contribution in [3.05, 3.63) is 83.6 Å². The van der Waals surface area contributed by atoms with Crippen LogP contribution in [-0.2, 0) is 20.8 Å². The number of likely N-dealkylation sites (N-methyl/N-ethyl adjacent to an activating group) is 1. The second kappa shape index (κ2) is 8.49. The van der Waals surface area contributed by atoms with Gasteiger partial charge in [-0.05, 0) is 24.7 Å². The number of hydrogen-bond acceptors (Lipinski definition) is 7. The van der Waals surface area contributed by atoms with Gasteiger partial charge in [-0.15, -0.1) is 0 Å². The molecule has 1 saturated heterocycles. The summed E-state index contributed by atoms with van der Waals surface area (Å²) in [6.45, 7) is 3.10. The largest absolute Gasteiger partial charge is 0.338 e. The molecule has 1 fully saturated rings. The molecule has 2 aromatic heterocycles. The molecule has 1 N–H and O–H groups in total. The fourth-order valence-electron chi connectivity index (χ4n) is 5.83. The highest BCUT2D eigenvalue weighted by atomic mass is 16.2. The first-order valence-electron chi connectivity index (χ1n) is 12.7. The van der Waals surface area contributed by atoms with Crippen molar-refractivity contribution in [2.75, 3.05) is 38.1 Å². The van der Waals surface area contributed by atoms with E-state index in [0.717, 1.165) is 24.3 Å². The van der Waals surface area contributed by atoms with Crippen LogP contribution in [0.25, 0.3) is 11.2 Å². The average Bonchev–Trinajstić information content (AvgIpc) is 3.55. The number of rotatable bonds is 3. The van der Waals surface area contributed by atoms with Crippen molar-refractivity contribution in [2.24, 2.45) is 4.99 Å². The Bertz CT molecular complexity index is 1620. The molecule has 0 saturated carbocycles. The van der Waals surface area contributed by atoms with Crippen molar-refractivity contribution < 1.29 is 14.4 Å². The number of imidazole rings is 1. The van der Waals surface area contributed by atoms with E-state index in [1.54, 1.807) is 16.8 Å². The van der Waals surface area contributed by atoms with Crippen molar-refractivity contribution in [1.82, 2.24) is 24.5 Å². The quantitative estimate of drug-likeness (QED) is 0.535. The molecular formula is C28H25N7O3. The van der Waals surface area contributed by atoms with Gasteiger partial charge in [0.25, 0.3) is 11.8 Å². The van der Waals surface area contributed by atoms with Crippen molar-refractivity contribution >= 4 is 40.3 Å². The fourth-order valence-corrected chi connectivity index (χ4v) is 5.83. The van der Waals surface area contributed by atoms with Crippen molar-refractivity contribution in [3.8, 4) is 0 Å². The van der Waals surface area contributed by atoms with Crippen LogP contribution in [0.15, 0.2) is 71.8 Å². The Morgan fingerprint density at radius 1 is 1.00 bits per heavy atom.